The van der Waals surface area contributed by atoms with Gasteiger partial charge in [0.05, 0.1) is 40.4 Å². The van der Waals surface area contributed by atoms with Gasteiger partial charge in [0.15, 0.2) is 11.5 Å². The number of likely N-dealkylation sites (tertiary alicyclic amines) is 1. The topological polar surface area (TPSA) is 147 Å². The van der Waals surface area contributed by atoms with Gasteiger partial charge in [-0.15, -0.1) is 0 Å². The number of phenols is 1. The molecule has 6 unspecified atom stereocenters. The fourth-order valence-electron chi connectivity index (χ4n) is 8.25. The minimum Gasteiger partial charge on any atom is -0.503 e. The first-order valence-corrected chi connectivity index (χ1v) is 15.8. The van der Waals surface area contributed by atoms with E-state index in [-0.39, 0.29) is 24.3 Å². The lowest BCUT2D eigenvalue weighted by Gasteiger charge is -2.50. The summed E-state index contributed by atoms with van der Waals surface area (Å²) >= 11 is 9.76. The highest BCUT2D eigenvalue weighted by Gasteiger charge is 2.70. The van der Waals surface area contributed by atoms with E-state index in [0.717, 1.165) is 4.90 Å². The Balaban J connectivity index is 1.53. The number of carbonyl (C=O) groups is 5. The Kier molecular flexibility index (Phi) is 7.09. The van der Waals surface area contributed by atoms with Gasteiger partial charge in [0.25, 0.3) is 0 Å². The van der Waals surface area contributed by atoms with Gasteiger partial charge in [-0.2, -0.15) is 4.90 Å². The number of fused-ring (bicyclic) bond motifs is 4. The Labute approximate surface area is 276 Å². The summed E-state index contributed by atoms with van der Waals surface area (Å²) in [5.74, 6) is -6.66. The largest absolute Gasteiger partial charge is 0.503 e. The smallest absolute Gasteiger partial charge is 0.328 e. The molecule has 2 aliphatic carbocycles. The summed E-state index contributed by atoms with van der Waals surface area (Å²) in [4.78, 5) is 70.8. The summed E-state index contributed by atoms with van der Waals surface area (Å²) < 4.78 is 5.80. The van der Waals surface area contributed by atoms with Crippen molar-refractivity contribution in [2.75, 3.05) is 12.0 Å². The third-order valence-corrected chi connectivity index (χ3v) is 10.8. The first-order chi connectivity index (χ1) is 22.0. The van der Waals surface area contributed by atoms with Gasteiger partial charge in [0, 0.05) is 10.9 Å². The zero-order chi connectivity index (χ0) is 32.7. The van der Waals surface area contributed by atoms with Crippen molar-refractivity contribution < 1.29 is 33.8 Å². The van der Waals surface area contributed by atoms with Crippen LogP contribution in [0.4, 0.5) is 10.5 Å². The minimum absolute atomic E-state index is 0.0576. The van der Waals surface area contributed by atoms with Gasteiger partial charge in [-0.3, -0.25) is 19.2 Å². The number of methoxy groups -OCH3 is 1. The maximum atomic E-state index is 15.2. The van der Waals surface area contributed by atoms with Crippen LogP contribution in [0.1, 0.15) is 29.9 Å². The van der Waals surface area contributed by atoms with E-state index in [1.165, 1.54) is 7.11 Å². The number of phenolic OH excluding ortho intramolecular Hbond substituents is 1. The second-order valence-corrected chi connectivity index (χ2v) is 13.3. The number of halogens is 2. The van der Waals surface area contributed by atoms with E-state index in [4.69, 9.17) is 22.1 Å². The molecule has 0 aromatic heterocycles. The fourth-order valence-corrected chi connectivity index (χ4v) is 8.90. The number of benzene rings is 3. The third-order valence-electron chi connectivity index (χ3n) is 9.99. The van der Waals surface area contributed by atoms with Gasteiger partial charge in [0.1, 0.15) is 0 Å². The van der Waals surface area contributed by atoms with Gasteiger partial charge in [0.2, 0.25) is 23.6 Å². The number of aromatic hydroxyl groups is 1. The van der Waals surface area contributed by atoms with E-state index in [9.17, 15) is 24.3 Å². The summed E-state index contributed by atoms with van der Waals surface area (Å²) in [6.07, 6.45) is 2.05. The van der Waals surface area contributed by atoms with Gasteiger partial charge < -0.3 is 15.6 Å². The van der Waals surface area contributed by atoms with Crippen LogP contribution in [-0.4, -0.2) is 46.8 Å². The normalized spacial score (nSPS) is 28.5. The van der Waals surface area contributed by atoms with Crippen LogP contribution in [-0.2, 0) is 24.6 Å². The lowest BCUT2D eigenvalue weighted by molar-refractivity contribution is -0.136. The van der Waals surface area contributed by atoms with Crippen molar-refractivity contribution in [2.45, 2.75) is 24.2 Å². The molecule has 2 saturated heterocycles. The van der Waals surface area contributed by atoms with Crippen LogP contribution in [0.25, 0.3) is 0 Å². The predicted molar refractivity (Wildman–Crippen MR) is 170 cm³/mol. The molecule has 234 valence electrons. The van der Waals surface area contributed by atoms with Crippen LogP contribution in [0.15, 0.2) is 82.9 Å². The fraction of sp³-hybridized carbons (Fsp3) is 0.265. The van der Waals surface area contributed by atoms with E-state index < -0.39 is 64.7 Å². The Bertz CT molecular complexity index is 1900. The number of hydrogen-bond donors (Lipinski definition) is 2. The molecule has 4 aliphatic rings. The number of urea groups is 1. The number of anilines is 1. The lowest BCUT2D eigenvalue weighted by atomic mass is 9.49. The van der Waals surface area contributed by atoms with Crippen molar-refractivity contribution in [1.82, 2.24) is 4.90 Å². The number of rotatable bonds is 4. The van der Waals surface area contributed by atoms with Gasteiger partial charge >= 0.3 is 6.03 Å². The standard InChI is InChI=1S/C34H27BrClN3O7/c1-46-25-13-16(12-24(35)28(25)40)27-20-10-11-21-26(31(43)39(29(21)41)33(37)45)22(20)15-23-30(42)38(19-9-5-8-18(36)14-19)32(44)34(23,27)17-6-3-2-4-7-17/h2-10,12-14,21-23,26-27,40H,11,15H2,1H3,(H2,37,45). The summed E-state index contributed by atoms with van der Waals surface area (Å²) in [5.41, 5.74) is 6.08. The first-order valence-electron chi connectivity index (χ1n) is 14.6. The number of nitrogens with zero attached hydrogens (tertiary/aromatic N) is 2. The number of primary amides is 1. The molecule has 3 aromatic carbocycles. The van der Waals surface area contributed by atoms with E-state index >= 15 is 4.79 Å². The third kappa shape index (κ3) is 4.04. The number of carbonyl (C=O) groups excluding carboxylic acids is 5. The molecule has 0 radical (unpaired) electrons. The molecule has 0 bridgehead atoms. The van der Waals surface area contributed by atoms with Gasteiger partial charge in [-0.25, -0.2) is 9.69 Å². The number of amides is 6. The van der Waals surface area contributed by atoms with E-state index in [1.54, 1.807) is 48.5 Å². The molecule has 3 N–H and O–H groups in total. The van der Waals surface area contributed by atoms with E-state index in [1.807, 2.05) is 24.3 Å². The van der Waals surface area contributed by atoms with Crippen molar-refractivity contribution >= 4 is 62.9 Å². The molecular formula is C34H27BrClN3O7. The molecule has 3 aromatic rings. The van der Waals surface area contributed by atoms with Crippen LogP contribution >= 0.6 is 27.5 Å². The Morgan fingerprint density at radius 3 is 2.41 bits per heavy atom. The highest BCUT2D eigenvalue weighted by atomic mass is 79.9. The second kappa shape index (κ2) is 10.8. The molecule has 12 heteroatoms. The molecule has 3 fully saturated rings. The second-order valence-electron chi connectivity index (χ2n) is 12.0. The minimum atomic E-state index is -1.51. The van der Waals surface area contributed by atoms with Crippen molar-refractivity contribution in [3.05, 3.63) is 99.0 Å². The average molecular weight is 705 g/mol. The lowest BCUT2D eigenvalue weighted by Crippen LogP contribution is -2.53. The Morgan fingerprint density at radius 2 is 1.74 bits per heavy atom. The van der Waals surface area contributed by atoms with Crippen LogP contribution in [0, 0.1) is 23.7 Å². The molecule has 2 aliphatic heterocycles. The molecule has 1 saturated carbocycles. The molecule has 7 rings (SSSR count). The Morgan fingerprint density at radius 1 is 1.00 bits per heavy atom. The average Bonchev–Trinajstić information content (AvgIpc) is 3.43. The number of imide groups is 4. The zero-order valence-electron chi connectivity index (χ0n) is 24.4. The van der Waals surface area contributed by atoms with E-state index in [2.05, 4.69) is 15.9 Å². The van der Waals surface area contributed by atoms with Crippen molar-refractivity contribution in [3.8, 4) is 11.5 Å². The maximum absolute atomic E-state index is 15.2. The van der Waals surface area contributed by atoms with Crippen LogP contribution < -0.4 is 15.4 Å². The van der Waals surface area contributed by atoms with Gasteiger partial charge in [-0.1, -0.05) is 59.6 Å². The van der Waals surface area contributed by atoms with Crippen LogP contribution in [0.5, 0.6) is 11.5 Å². The molecule has 0 spiro atoms. The molecule has 6 atom stereocenters. The number of ether oxygens (including phenoxy) is 1. The summed E-state index contributed by atoms with van der Waals surface area (Å²) in [6.45, 7) is 0. The zero-order valence-corrected chi connectivity index (χ0v) is 26.7. The predicted octanol–water partition coefficient (Wildman–Crippen LogP) is 5.06. The van der Waals surface area contributed by atoms with Crippen LogP contribution in [0.2, 0.25) is 5.02 Å². The number of nitrogens with two attached hydrogens (primary N) is 1. The Hall–Kier alpha value is -4.48. The quantitative estimate of drug-likeness (QED) is 0.285. The highest BCUT2D eigenvalue weighted by Crippen LogP contribution is 2.65. The van der Waals surface area contributed by atoms with Crippen molar-refractivity contribution in [2.24, 2.45) is 29.4 Å². The van der Waals surface area contributed by atoms with Crippen LogP contribution in [0.3, 0.4) is 0 Å². The molecule has 6 amide bonds. The number of hydrogen-bond acceptors (Lipinski definition) is 7. The highest BCUT2D eigenvalue weighted by molar-refractivity contribution is 9.10. The molecule has 10 nitrogen and oxygen atoms in total. The van der Waals surface area contributed by atoms with Crippen molar-refractivity contribution in [1.29, 1.82) is 0 Å². The summed E-state index contributed by atoms with van der Waals surface area (Å²) in [5, 5.41) is 11.1. The molecule has 2 heterocycles. The summed E-state index contributed by atoms with van der Waals surface area (Å²) in [7, 11) is 1.40. The summed E-state index contributed by atoms with van der Waals surface area (Å²) in [6, 6.07) is 17.7. The van der Waals surface area contributed by atoms with Gasteiger partial charge in [-0.05, 0) is 76.1 Å². The molecule has 46 heavy (non-hydrogen) atoms. The van der Waals surface area contributed by atoms with Crippen molar-refractivity contribution in [3.63, 3.8) is 0 Å². The van der Waals surface area contributed by atoms with E-state index in [0.29, 0.717) is 36.8 Å². The monoisotopic (exact) mass is 703 g/mol. The maximum Gasteiger partial charge on any atom is 0.328 e. The first kappa shape index (κ1) is 30.2. The number of allylic oxidation sites excluding steroid dienone is 2. The SMILES string of the molecule is COc1cc(C2C3=CCC4C(=O)N(C(N)=O)C(=O)C4C3CC3C(=O)N(c4cccc(Cl)c4)C(=O)C32c2ccccc2)cc(Br)c1O. The molecular weight excluding hydrogens is 678 g/mol.